The fraction of sp³-hybridized carbons (Fsp3) is 0.111. The van der Waals surface area contributed by atoms with Crippen LogP contribution in [0.2, 0.25) is 0 Å². The molecule has 2 aromatic heterocycles. The van der Waals surface area contributed by atoms with Gasteiger partial charge in [0.25, 0.3) is 0 Å². The van der Waals surface area contributed by atoms with Crippen molar-refractivity contribution >= 4 is 45.9 Å². The fourth-order valence-corrected chi connectivity index (χ4v) is 9.74. The zero-order chi connectivity index (χ0) is 59.5. The molecule has 0 bridgehead atoms. The first-order chi connectivity index (χ1) is 42.2. The van der Waals surface area contributed by atoms with E-state index in [0.717, 1.165) is 136 Å². The van der Waals surface area contributed by atoms with Gasteiger partial charge < -0.3 is 57.8 Å². The van der Waals surface area contributed by atoms with Crippen LogP contribution in [-0.4, -0.2) is 80.0 Å². The molecule has 0 aliphatic carbocycles. The van der Waals surface area contributed by atoms with Gasteiger partial charge in [0.1, 0.15) is 46.0 Å². The maximum atomic E-state index is 5.39. The van der Waals surface area contributed by atoms with E-state index in [9.17, 15) is 0 Å². The Hall–Kier alpha value is -10.6. The van der Waals surface area contributed by atoms with Crippen LogP contribution in [0.1, 0.15) is 22.3 Å². The maximum Gasteiger partial charge on any atom is 2.00 e. The van der Waals surface area contributed by atoms with Gasteiger partial charge in [-0.2, -0.15) is 0 Å². The number of benzene rings is 8. The van der Waals surface area contributed by atoms with Crippen molar-refractivity contribution in [2.75, 3.05) is 56.9 Å². The third-order valence-electron chi connectivity index (χ3n) is 14.6. The van der Waals surface area contributed by atoms with Crippen molar-refractivity contribution in [3.63, 3.8) is 0 Å². The molecule has 435 valence electrons. The molecule has 15 heteroatoms. The molecule has 2 aliphatic rings. The van der Waals surface area contributed by atoms with Gasteiger partial charge in [-0.15, -0.1) is 0 Å². The zero-order valence-corrected chi connectivity index (χ0v) is 50.1. The van der Waals surface area contributed by atoms with Crippen LogP contribution in [0.3, 0.4) is 0 Å². The van der Waals surface area contributed by atoms with Gasteiger partial charge in [-0.25, -0.2) is 0 Å². The quantitative estimate of drug-likeness (QED) is 0.0812. The summed E-state index contributed by atoms with van der Waals surface area (Å²) >= 11 is 0. The van der Waals surface area contributed by atoms with Gasteiger partial charge in [-0.05, 0) is 201 Å². The minimum atomic E-state index is 0. The number of rotatable bonds is 18. The van der Waals surface area contributed by atoms with E-state index in [1.54, 1.807) is 56.9 Å². The topological polar surface area (TPSA) is 151 Å². The largest absolute Gasteiger partial charge is 2.00 e. The molecule has 0 N–H and O–H groups in total. The molecule has 12 rings (SSSR count). The summed E-state index contributed by atoms with van der Waals surface area (Å²) in [7, 11) is 13.2. The van der Waals surface area contributed by atoms with Crippen LogP contribution in [0.5, 0.6) is 46.0 Å². The molecule has 87 heavy (non-hydrogen) atoms. The fourth-order valence-electron chi connectivity index (χ4n) is 9.74. The van der Waals surface area contributed by atoms with Crippen LogP contribution in [0, 0.1) is 0 Å². The second kappa shape index (κ2) is 27.4. The molecule has 0 spiro atoms. The summed E-state index contributed by atoms with van der Waals surface area (Å²) in [6.07, 6.45) is 4.12. The van der Waals surface area contributed by atoms with Crippen molar-refractivity contribution in [3.8, 4) is 90.8 Å². The first-order valence-electron chi connectivity index (χ1n) is 27.5. The molecule has 4 heterocycles. The Bertz CT molecular complexity index is 3910. The number of ether oxygens (including phenoxy) is 8. The molecule has 2 aliphatic heterocycles. The van der Waals surface area contributed by atoms with E-state index in [0.29, 0.717) is 23.3 Å². The molecule has 1 radical (unpaired) electrons. The van der Waals surface area contributed by atoms with Crippen molar-refractivity contribution in [1.82, 2.24) is 9.97 Å². The van der Waals surface area contributed by atoms with Crippen LogP contribution < -0.4 is 47.9 Å². The predicted molar refractivity (Wildman–Crippen MR) is 343 cm³/mol. The molecule has 0 amide bonds. The average Bonchev–Trinajstić information content (AvgIpc) is 2.48. The van der Waals surface area contributed by atoms with E-state index in [1.807, 2.05) is 194 Å². The number of aromatic nitrogens is 2. The van der Waals surface area contributed by atoms with Gasteiger partial charge in [-0.3, -0.25) is 9.98 Å². The predicted octanol–water partition coefficient (Wildman–Crippen LogP) is 15.3. The number of methoxy groups -OCH3 is 8. The smallest absolute Gasteiger partial charge is 0.497 e. The summed E-state index contributed by atoms with van der Waals surface area (Å²) in [5.41, 5.74) is 14.5. The van der Waals surface area contributed by atoms with Gasteiger partial charge >= 0.3 is 16.8 Å². The standard InChI is InChI=1S/2C36H30N3O4.Co/c2*1-40-27-13-5-23(6-14-27)31-21-33(25-9-17-29(42-3)18-10-25)37-35(31)39-36-32(24-7-15-28(41-2)16-8-24)22-34(38-36)26-11-19-30(43-4)20-12-26;/h2*5-22H,1-4H3;/q2*-1;+2/b2*39-35-;. The maximum absolute atomic E-state index is 5.39. The normalized spacial score (nSPS) is 13.3. The van der Waals surface area contributed by atoms with Crippen molar-refractivity contribution in [1.29, 1.82) is 0 Å². The van der Waals surface area contributed by atoms with Crippen LogP contribution >= 0.6 is 0 Å². The average molecular weight is 1200 g/mol. The Morgan fingerprint density at radius 3 is 0.736 bits per heavy atom. The molecular weight excluding hydrogens is 1140 g/mol. The van der Waals surface area contributed by atoms with Gasteiger partial charge in [0.2, 0.25) is 0 Å². The van der Waals surface area contributed by atoms with E-state index >= 15 is 0 Å². The monoisotopic (exact) mass is 1200 g/mol. The molecule has 14 nitrogen and oxygen atoms in total. The summed E-state index contributed by atoms with van der Waals surface area (Å²) in [6, 6.07) is 67.1. The number of hydrogen-bond acceptors (Lipinski definition) is 10. The molecule has 0 atom stereocenters. The Balaban J connectivity index is 0.000000190. The Labute approximate surface area is 516 Å². The molecule has 8 aromatic carbocycles. The van der Waals surface area contributed by atoms with E-state index in [1.165, 1.54) is 0 Å². The van der Waals surface area contributed by atoms with Crippen LogP contribution in [0.25, 0.3) is 55.9 Å². The van der Waals surface area contributed by atoms with Crippen molar-refractivity contribution in [3.05, 3.63) is 241 Å². The van der Waals surface area contributed by atoms with Crippen LogP contribution in [0.4, 0.5) is 11.6 Å². The Kier molecular flexibility index (Phi) is 18.8. The summed E-state index contributed by atoms with van der Waals surface area (Å²) in [5, 5.41) is 0. The SMILES string of the molecule is COc1ccc(C2=CC(c3ccc(OC)cc3)=N/C2=N\c2[n-]c(-c3ccc(OC)cc3)cc2-c2ccc(OC)cc2)cc1.COc1ccc(C2=CC(c3ccc(OC)cc3)=N/C2=N\c2[n-]c(-c3ccc(OC)cc3)cc2-c2ccc(OC)cc2)cc1.[Co+2]. The minimum absolute atomic E-state index is 0. The summed E-state index contributed by atoms with van der Waals surface area (Å²) in [6.45, 7) is 0. The summed E-state index contributed by atoms with van der Waals surface area (Å²) in [5.74, 6) is 8.55. The van der Waals surface area contributed by atoms with Gasteiger partial charge in [0.15, 0.2) is 0 Å². The number of hydrogen-bond donors (Lipinski definition) is 0. The van der Waals surface area contributed by atoms with Crippen LogP contribution in [-0.2, 0) is 16.8 Å². The van der Waals surface area contributed by atoms with E-state index in [-0.39, 0.29) is 16.8 Å². The minimum Gasteiger partial charge on any atom is -0.497 e. The second-order valence-corrected chi connectivity index (χ2v) is 19.6. The van der Waals surface area contributed by atoms with Crippen LogP contribution in [0.15, 0.2) is 238 Å². The van der Waals surface area contributed by atoms with Crippen molar-refractivity contribution < 1.29 is 54.7 Å². The number of nitrogens with zero attached hydrogens (tertiary/aromatic N) is 6. The third-order valence-corrected chi connectivity index (χ3v) is 14.6. The molecule has 10 aromatic rings. The number of allylic oxidation sites excluding steroid dienone is 2. The van der Waals surface area contributed by atoms with E-state index in [4.69, 9.17) is 67.8 Å². The molecule has 0 saturated carbocycles. The number of aliphatic imine (C=N–C) groups is 4. The van der Waals surface area contributed by atoms with Crippen molar-refractivity contribution in [2.45, 2.75) is 0 Å². The zero-order valence-electron chi connectivity index (χ0n) is 49.1. The van der Waals surface area contributed by atoms with Crippen molar-refractivity contribution in [2.24, 2.45) is 20.0 Å². The first-order valence-corrected chi connectivity index (χ1v) is 27.5. The van der Waals surface area contributed by atoms with E-state index in [2.05, 4.69) is 24.3 Å². The molecule has 0 saturated heterocycles. The Morgan fingerprint density at radius 2 is 0.494 bits per heavy atom. The first kappa shape index (κ1) is 59.5. The molecule has 0 unspecified atom stereocenters. The summed E-state index contributed by atoms with van der Waals surface area (Å²) < 4.78 is 43.0. The summed E-state index contributed by atoms with van der Waals surface area (Å²) in [4.78, 5) is 30.2. The molecular formula is C72H60CoN6O8. The second-order valence-electron chi connectivity index (χ2n) is 19.6. The number of amidine groups is 2. The van der Waals surface area contributed by atoms with Gasteiger partial charge in [0, 0.05) is 22.3 Å². The third kappa shape index (κ3) is 13.5. The van der Waals surface area contributed by atoms with Gasteiger partial charge in [-0.1, -0.05) is 84.9 Å². The van der Waals surface area contributed by atoms with Gasteiger partial charge in [0.05, 0.1) is 80.0 Å². The van der Waals surface area contributed by atoms with E-state index < -0.39 is 0 Å². The molecule has 0 fully saturated rings. The Morgan fingerprint density at radius 1 is 0.276 bits per heavy atom.